The maximum absolute atomic E-state index is 13.5. The Labute approximate surface area is 224 Å². The Hall–Kier alpha value is -2.50. The van der Waals surface area contributed by atoms with E-state index in [1.807, 2.05) is 6.92 Å². The molecule has 0 aromatic heterocycles. The van der Waals surface area contributed by atoms with E-state index in [2.05, 4.69) is 5.32 Å². The van der Waals surface area contributed by atoms with Gasteiger partial charge in [0.1, 0.15) is 12.6 Å². The Bertz CT molecular complexity index is 1240. The van der Waals surface area contributed by atoms with Crippen molar-refractivity contribution in [3.8, 4) is 0 Å². The van der Waals surface area contributed by atoms with Gasteiger partial charge in [-0.05, 0) is 50.1 Å². The zero-order valence-electron chi connectivity index (χ0n) is 20.6. The monoisotopic (exact) mass is 581 g/mol. The number of anilines is 1. The summed E-state index contributed by atoms with van der Waals surface area (Å²) in [5.74, 6) is -1.30. The molecule has 0 bridgehead atoms. The molecule has 0 unspecified atom stereocenters. The van der Waals surface area contributed by atoms with E-state index in [0.717, 1.165) is 23.3 Å². The fourth-order valence-electron chi connectivity index (χ4n) is 3.36. The summed E-state index contributed by atoms with van der Waals surface area (Å²) in [6, 6.07) is 7.92. The lowest BCUT2D eigenvalue weighted by Gasteiger charge is -2.32. The predicted octanol–water partition coefficient (Wildman–Crippen LogP) is 5.11. The predicted molar refractivity (Wildman–Crippen MR) is 138 cm³/mol. The highest BCUT2D eigenvalue weighted by molar-refractivity contribution is 7.92. The topological polar surface area (TPSA) is 86.8 Å². The number of nitrogens with zero attached hydrogens (tertiary/aromatic N) is 2. The van der Waals surface area contributed by atoms with Gasteiger partial charge in [-0.25, -0.2) is 8.42 Å². The largest absolute Gasteiger partial charge is 0.417 e. The molecule has 0 spiro atoms. The van der Waals surface area contributed by atoms with Crippen LogP contribution < -0.4 is 9.62 Å². The maximum atomic E-state index is 13.5. The highest BCUT2D eigenvalue weighted by atomic mass is 35.5. The molecule has 0 heterocycles. The number of benzene rings is 2. The molecule has 2 atom stereocenters. The zero-order valence-corrected chi connectivity index (χ0v) is 23.0. The number of hydrogen-bond acceptors (Lipinski definition) is 4. The fraction of sp³-hybridized carbons (Fsp3) is 0.417. The van der Waals surface area contributed by atoms with E-state index in [1.165, 1.54) is 6.92 Å². The van der Waals surface area contributed by atoms with Crippen LogP contribution >= 0.6 is 23.2 Å². The molecule has 7 nitrogen and oxygen atoms in total. The Kier molecular flexibility index (Phi) is 10.3. The maximum Gasteiger partial charge on any atom is 0.417 e. The van der Waals surface area contributed by atoms with Gasteiger partial charge in [-0.15, -0.1) is 0 Å². The molecule has 204 valence electrons. The van der Waals surface area contributed by atoms with E-state index in [0.29, 0.717) is 27.4 Å². The van der Waals surface area contributed by atoms with Crippen molar-refractivity contribution >= 4 is 50.7 Å². The summed E-state index contributed by atoms with van der Waals surface area (Å²) in [7, 11) is -4.22. The highest BCUT2D eigenvalue weighted by Crippen LogP contribution is 2.37. The van der Waals surface area contributed by atoms with E-state index in [9.17, 15) is 31.2 Å². The molecule has 0 aliphatic heterocycles. The smallest absolute Gasteiger partial charge is 0.352 e. The molecule has 37 heavy (non-hydrogen) atoms. The Morgan fingerprint density at radius 3 is 2.22 bits per heavy atom. The number of rotatable bonds is 10. The molecular weight excluding hydrogens is 554 g/mol. The summed E-state index contributed by atoms with van der Waals surface area (Å²) in [4.78, 5) is 27.5. The van der Waals surface area contributed by atoms with Crippen LogP contribution in [0.5, 0.6) is 0 Å². The number of amides is 2. The summed E-state index contributed by atoms with van der Waals surface area (Å²) >= 11 is 11.9. The molecule has 0 aliphatic rings. The molecule has 2 aromatic carbocycles. The number of carbonyl (C=O) groups excluding carboxylic acids is 2. The number of alkyl halides is 3. The summed E-state index contributed by atoms with van der Waals surface area (Å²) in [5, 5.41) is 2.48. The van der Waals surface area contributed by atoms with E-state index < -0.39 is 56.9 Å². The van der Waals surface area contributed by atoms with Crippen LogP contribution in [0.3, 0.4) is 0 Å². The van der Waals surface area contributed by atoms with Crippen molar-refractivity contribution in [2.45, 2.75) is 52.0 Å². The van der Waals surface area contributed by atoms with Gasteiger partial charge in [-0.1, -0.05) is 48.3 Å². The van der Waals surface area contributed by atoms with Crippen LogP contribution in [0, 0.1) is 0 Å². The van der Waals surface area contributed by atoms with Gasteiger partial charge < -0.3 is 10.2 Å². The van der Waals surface area contributed by atoms with Crippen LogP contribution in [0.2, 0.25) is 10.0 Å². The van der Waals surface area contributed by atoms with Crippen molar-refractivity contribution in [1.82, 2.24) is 10.2 Å². The summed E-state index contributed by atoms with van der Waals surface area (Å²) in [6.45, 7) is 4.13. The summed E-state index contributed by atoms with van der Waals surface area (Å²) in [6.07, 6.45) is -3.45. The van der Waals surface area contributed by atoms with Crippen molar-refractivity contribution in [1.29, 1.82) is 0 Å². The number of hydrogen-bond donors (Lipinski definition) is 1. The van der Waals surface area contributed by atoms with Crippen molar-refractivity contribution in [2.75, 3.05) is 17.1 Å². The lowest BCUT2D eigenvalue weighted by Crippen LogP contribution is -2.52. The molecule has 0 fully saturated rings. The SMILES string of the molecule is CC[C@H](C)NC(=O)[C@H](C)N(Cc1ccccc1Cl)C(=O)CN(c1ccc(Cl)c(C(F)(F)F)c1)S(C)(=O)=O. The molecule has 13 heteroatoms. The van der Waals surface area contributed by atoms with Crippen LogP contribution in [0.25, 0.3) is 0 Å². The van der Waals surface area contributed by atoms with Gasteiger partial charge in [0, 0.05) is 17.6 Å². The molecule has 2 aromatic rings. The Morgan fingerprint density at radius 2 is 1.68 bits per heavy atom. The second-order valence-electron chi connectivity index (χ2n) is 8.54. The molecule has 2 amide bonds. The van der Waals surface area contributed by atoms with E-state index in [-0.39, 0.29) is 12.6 Å². The molecule has 2 rings (SSSR count). The van der Waals surface area contributed by atoms with Gasteiger partial charge in [-0.2, -0.15) is 13.2 Å². The highest BCUT2D eigenvalue weighted by Gasteiger charge is 2.35. The Morgan fingerprint density at radius 1 is 1.05 bits per heavy atom. The molecule has 0 saturated heterocycles. The third-order valence-corrected chi connectivity index (χ3v) is 7.53. The second-order valence-corrected chi connectivity index (χ2v) is 11.3. The minimum atomic E-state index is -4.85. The van der Waals surface area contributed by atoms with Gasteiger partial charge in [0.05, 0.1) is 22.5 Å². The minimum absolute atomic E-state index is 0.139. The van der Waals surface area contributed by atoms with Crippen LogP contribution in [-0.2, 0) is 32.3 Å². The molecule has 0 aliphatic carbocycles. The zero-order chi connectivity index (χ0) is 28.1. The van der Waals surface area contributed by atoms with E-state index >= 15 is 0 Å². The van der Waals surface area contributed by atoms with Crippen LogP contribution in [0.1, 0.15) is 38.3 Å². The van der Waals surface area contributed by atoms with E-state index in [4.69, 9.17) is 23.2 Å². The summed E-state index contributed by atoms with van der Waals surface area (Å²) in [5.41, 5.74) is -1.15. The standard InChI is InChI=1S/C24H28Cl2F3N3O4S/c1-5-15(2)30-23(34)16(3)31(13-17-8-6-7-9-20(17)25)22(33)14-32(37(4,35)36)18-10-11-21(26)19(12-18)24(27,28)29/h6-12,15-16H,5,13-14H2,1-4H3,(H,30,34)/t15-,16-/m0/s1. The normalized spacial score (nSPS) is 13.5. The van der Waals surface area contributed by atoms with E-state index in [1.54, 1.807) is 31.2 Å². The van der Waals surface area contributed by atoms with Gasteiger partial charge in [0.15, 0.2) is 0 Å². The van der Waals surface area contributed by atoms with Crippen LogP contribution in [0.15, 0.2) is 42.5 Å². The summed E-state index contributed by atoms with van der Waals surface area (Å²) < 4.78 is 65.9. The van der Waals surface area contributed by atoms with Gasteiger partial charge in [0.25, 0.3) is 0 Å². The molecule has 0 radical (unpaired) electrons. The first-order valence-corrected chi connectivity index (χ1v) is 13.8. The van der Waals surface area contributed by atoms with Crippen LogP contribution in [0.4, 0.5) is 18.9 Å². The first kappa shape index (κ1) is 30.7. The molecule has 0 saturated carbocycles. The van der Waals surface area contributed by atoms with Crippen molar-refractivity contribution in [3.63, 3.8) is 0 Å². The van der Waals surface area contributed by atoms with Crippen LogP contribution in [-0.4, -0.2) is 50.0 Å². The number of carbonyl (C=O) groups is 2. The third kappa shape index (κ3) is 8.24. The second kappa shape index (κ2) is 12.4. The quantitative estimate of drug-likeness (QED) is 0.422. The number of halogens is 5. The van der Waals surface area contributed by atoms with Gasteiger partial charge in [0.2, 0.25) is 21.8 Å². The fourth-order valence-corrected chi connectivity index (χ4v) is 4.62. The minimum Gasteiger partial charge on any atom is -0.352 e. The first-order chi connectivity index (χ1) is 17.1. The third-order valence-electron chi connectivity index (χ3n) is 5.69. The Balaban J connectivity index is 2.49. The average Bonchev–Trinajstić information content (AvgIpc) is 2.80. The van der Waals surface area contributed by atoms with Crippen molar-refractivity contribution < 1.29 is 31.2 Å². The molecular formula is C24H28Cl2F3N3O4S. The van der Waals surface area contributed by atoms with Crippen molar-refractivity contribution in [3.05, 3.63) is 63.6 Å². The average molecular weight is 582 g/mol. The molecule has 1 N–H and O–H groups in total. The first-order valence-electron chi connectivity index (χ1n) is 11.2. The number of sulfonamides is 1. The number of nitrogens with one attached hydrogen (secondary N) is 1. The van der Waals surface area contributed by atoms with Gasteiger partial charge >= 0.3 is 6.18 Å². The van der Waals surface area contributed by atoms with Crippen molar-refractivity contribution in [2.24, 2.45) is 0 Å². The lowest BCUT2D eigenvalue weighted by atomic mass is 10.1. The lowest BCUT2D eigenvalue weighted by molar-refractivity contribution is -0.139. The van der Waals surface area contributed by atoms with Gasteiger partial charge in [-0.3, -0.25) is 13.9 Å².